The number of carboxylic acid groups (broad SMARTS) is 1. The predicted molar refractivity (Wildman–Crippen MR) is 155 cm³/mol. The Kier molecular flexibility index (Phi) is 10.4. The third kappa shape index (κ3) is 6.77. The van der Waals surface area contributed by atoms with Gasteiger partial charge in [0, 0.05) is 32.4 Å². The number of carbonyl (C=O) groups is 3. The summed E-state index contributed by atoms with van der Waals surface area (Å²) in [7, 11) is 0. The summed E-state index contributed by atoms with van der Waals surface area (Å²) in [5.41, 5.74) is -0.207. The SMILES string of the molecule is C[C@H](CCC(=O)NCCCC(=O)NCCCC(=O)O)C1CCC2C3C(O)CC4CC(O)CC[C@]4(C)C3CC(O)[C@@]21C. The summed E-state index contributed by atoms with van der Waals surface area (Å²) in [4.78, 5) is 34.9. The molecule has 6 N–H and O–H groups in total. The number of aliphatic hydroxyl groups is 3. The van der Waals surface area contributed by atoms with Crippen LogP contribution >= 0.6 is 0 Å². The van der Waals surface area contributed by atoms with E-state index in [1.165, 1.54) is 0 Å². The van der Waals surface area contributed by atoms with Gasteiger partial charge in [0.05, 0.1) is 18.3 Å². The van der Waals surface area contributed by atoms with Gasteiger partial charge in [0.25, 0.3) is 0 Å². The van der Waals surface area contributed by atoms with Gasteiger partial charge in [-0.25, -0.2) is 0 Å². The van der Waals surface area contributed by atoms with Gasteiger partial charge in [0.1, 0.15) is 0 Å². The maximum Gasteiger partial charge on any atom is 0.303 e. The molecule has 0 spiro atoms. The maximum atomic E-state index is 12.6. The van der Waals surface area contributed by atoms with Crippen LogP contribution in [-0.2, 0) is 14.4 Å². The van der Waals surface area contributed by atoms with E-state index in [1.807, 2.05) is 0 Å². The molecule has 0 aliphatic heterocycles. The molecule has 0 bridgehead atoms. The number of nitrogens with one attached hydrogen (secondary N) is 2. The van der Waals surface area contributed by atoms with Crippen LogP contribution < -0.4 is 10.6 Å². The summed E-state index contributed by atoms with van der Waals surface area (Å²) in [6, 6.07) is 0. The van der Waals surface area contributed by atoms with Crippen molar-refractivity contribution in [1.82, 2.24) is 10.6 Å². The lowest BCUT2D eigenvalue weighted by Crippen LogP contribution is -2.62. The van der Waals surface area contributed by atoms with Crippen molar-refractivity contribution in [3.05, 3.63) is 0 Å². The van der Waals surface area contributed by atoms with E-state index < -0.39 is 12.1 Å². The molecule has 2 amide bonds. The van der Waals surface area contributed by atoms with Gasteiger partial charge in [-0.3, -0.25) is 14.4 Å². The normalized spacial score (nSPS) is 40.5. The van der Waals surface area contributed by atoms with Crippen LogP contribution in [0.1, 0.15) is 104 Å². The van der Waals surface area contributed by atoms with Crippen molar-refractivity contribution in [2.45, 2.75) is 123 Å². The van der Waals surface area contributed by atoms with Gasteiger partial charge < -0.3 is 31.1 Å². The Bertz CT molecular complexity index is 945. The molecule has 4 rings (SSSR count). The Hall–Kier alpha value is -1.71. The van der Waals surface area contributed by atoms with Crippen molar-refractivity contribution in [1.29, 1.82) is 0 Å². The summed E-state index contributed by atoms with van der Waals surface area (Å²) >= 11 is 0. The Balaban J connectivity index is 1.25. The van der Waals surface area contributed by atoms with E-state index in [1.54, 1.807) is 0 Å². The smallest absolute Gasteiger partial charge is 0.303 e. The van der Waals surface area contributed by atoms with Crippen LogP contribution in [0.3, 0.4) is 0 Å². The Labute approximate surface area is 245 Å². The van der Waals surface area contributed by atoms with E-state index in [0.717, 1.165) is 44.9 Å². The Morgan fingerprint density at radius 1 is 0.854 bits per heavy atom. The van der Waals surface area contributed by atoms with Crippen molar-refractivity contribution < 1.29 is 34.8 Å². The number of rotatable bonds is 12. The van der Waals surface area contributed by atoms with Crippen molar-refractivity contribution in [3.63, 3.8) is 0 Å². The van der Waals surface area contributed by atoms with Gasteiger partial charge in [-0.15, -0.1) is 0 Å². The van der Waals surface area contributed by atoms with Crippen LogP contribution in [0.15, 0.2) is 0 Å². The molecule has 234 valence electrons. The topological polar surface area (TPSA) is 156 Å². The van der Waals surface area contributed by atoms with Crippen molar-refractivity contribution in [3.8, 4) is 0 Å². The fourth-order valence-corrected chi connectivity index (χ4v) is 9.81. The van der Waals surface area contributed by atoms with Gasteiger partial charge in [0.15, 0.2) is 0 Å². The van der Waals surface area contributed by atoms with Crippen LogP contribution in [0.2, 0.25) is 0 Å². The molecule has 41 heavy (non-hydrogen) atoms. The lowest BCUT2D eigenvalue weighted by molar-refractivity contribution is -0.207. The molecule has 0 saturated heterocycles. The molecule has 4 aliphatic carbocycles. The van der Waals surface area contributed by atoms with Crippen LogP contribution in [0.4, 0.5) is 0 Å². The summed E-state index contributed by atoms with van der Waals surface area (Å²) in [5.74, 6) is 0.587. The number of hydrogen-bond acceptors (Lipinski definition) is 6. The Morgan fingerprint density at radius 2 is 1.51 bits per heavy atom. The minimum atomic E-state index is -0.876. The van der Waals surface area contributed by atoms with E-state index in [0.29, 0.717) is 50.6 Å². The van der Waals surface area contributed by atoms with Crippen LogP contribution in [-0.4, -0.2) is 69.6 Å². The summed E-state index contributed by atoms with van der Waals surface area (Å²) in [5, 5.41) is 47.8. The van der Waals surface area contributed by atoms with Gasteiger partial charge in [-0.05, 0) is 111 Å². The molecule has 8 unspecified atom stereocenters. The minimum absolute atomic E-state index is 0.0242. The van der Waals surface area contributed by atoms with Crippen molar-refractivity contribution in [2.75, 3.05) is 13.1 Å². The third-order valence-electron chi connectivity index (χ3n) is 12.1. The van der Waals surface area contributed by atoms with Crippen LogP contribution in [0.5, 0.6) is 0 Å². The van der Waals surface area contributed by atoms with E-state index in [-0.39, 0.29) is 71.4 Å². The molecule has 9 heteroatoms. The second-order valence-electron chi connectivity index (χ2n) is 14.3. The zero-order valence-corrected chi connectivity index (χ0v) is 25.3. The molecular formula is C32H54N2O7. The summed E-state index contributed by atoms with van der Waals surface area (Å²) in [6.45, 7) is 7.57. The molecule has 0 aromatic heterocycles. The highest BCUT2D eigenvalue weighted by atomic mass is 16.4. The largest absolute Gasteiger partial charge is 0.481 e. The summed E-state index contributed by atoms with van der Waals surface area (Å²) < 4.78 is 0. The molecule has 11 atom stereocenters. The van der Waals surface area contributed by atoms with Gasteiger partial charge >= 0.3 is 5.97 Å². The molecule has 4 saturated carbocycles. The number of hydrogen-bond donors (Lipinski definition) is 6. The first kappa shape index (κ1) is 32.2. The molecule has 9 nitrogen and oxygen atoms in total. The standard InChI is InChI=1S/C32H54N2O7/c1-19(8-11-28(39)34-14-4-6-27(38)33-15-5-7-29(40)41)22-9-10-23-30-24(18-26(37)32(22,23)3)31(2)13-12-21(35)16-20(31)17-25(30)36/h19-26,30,35-37H,4-18H2,1-3H3,(H,33,38)(H,34,39)(H,40,41)/t19-,20?,21?,22?,23?,24?,25?,26?,30?,31+,32-/m1/s1. The molecular weight excluding hydrogens is 524 g/mol. The van der Waals surface area contributed by atoms with Crippen LogP contribution in [0, 0.1) is 46.3 Å². The zero-order chi connectivity index (χ0) is 29.9. The lowest BCUT2D eigenvalue weighted by Gasteiger charge is -2.63. The predicted octanol–water partition coefficient (Wildman–Crippen LogP) is 3.24. The first-order chi connectivity index (χ1) is 19.4. The number of fused-ring (bicyclic) bond motifs is 5. The van der Waals surface area contributed by atoms with Crippen molar-refractivity contribution in [2.24, 2.45) is 46.3 Å². The van der Waals surface area contributed by atoms with Crippen molar-refractivity contribution >= 4 is 17.8 Å². The Morgan fingerprint density at radius 3 is 2.20 bits per heavy atom. The van der Waals surface area contributed by atoms with E-state index in [2.05, 4.69) is 31.4 Å². The number of carbonyl (C=O) groups excluding carboxylic acids is 2. The molecule has 0 aromatic rings. The van der Waals surface area contributed by atoms with Gasteiger partial charge in [-0.1, -0.05) is 20.8 Å². The highest BCUT2D eigenvalue weighted by Crippen LogP contribution is 2.68. The van der Waals surface area contributed by atoms with Gasteiger partial charge in [-0.2, -0.15) is 0 Å². The highest BCUT2D eigenvalue weighted by molar-refractivity contribution is 5.77. The van der Waals surface area contributed by atoms with E-state index >= 15 is 0 Å². The van der Waals surface area contributed by atoms with Gasteiger partial charge in [0.2, 0.25) is 11.8 Å². The minimum Gasteiger partial charge on any atom is -0.481 e. The van der Waals surface area contributed by atoms with E-state index in [9.17, 15) is 29.7 Å². The molecule has 4 fully saturated rings. The van der Waals surface area contributed by atoms with Crippen LogP contribution in [0.25, 0.3) is 0 Å². The number of carboxylic acids is 1. The molecule has 0 radical (unpaired) electrons. The third-order valence-corrected chi connectivity index (χ3v) is 12.1. The van der Waals surface area contributed by atoms with E-state index in [4.69, 9.17) is 5.11 Å². The average molecular weight is 579 g/mol. The second-order valence-corrected chi connectivity index (χ2v) is 14.3. The highest BCUT2D eigenvalue weighted by Gasteiger charge is 2.65. The lowest BCUT2D eigenvalue weighted by atomic mass is 9.43. The molecule has 0 heterocycles. The number of amides is 2. The first-order valence-electron chi connectivity index (χ1n) is 16.2. The maximum absolute atomic E-state index is 12.6. The number of aliphatic carboxylic acids is 1. The number of aliphatic hydroxyl groups excluding tert-OH is 3. The second kappa shape index (κ2) is 13.3. The molecule has 0 aromatic carbocycles. The fraction of sp³-hybridized carbons (Fsp3) is 0.906. The quantitative estimate of drug-likeness (QED) is 0.194. The monoisotopic (exact) mass is 578 g/mol. The summed E-state index contributed by atoms with van der Waals surface area (Å²) in [6.07, 6.45) is 7.36. The zero-order valence-electron chi connectivity index (χ0n) is 25.3. The fourth-order valence-electron chi connectivity index (χ4n) is 9.81. The first-order valence-corrected chi connectivity index (χ1v) is 16.2. The molecule has 4 aliphatic rings. The average Bonchev–Trinajstić information content (AvgIpc) is 3.27.